The smallest absolute Gasteiger partial charge is 0.327 e. The first-order chi connectivity index (χ1) is 7.36. The number of hydrogen-bond acceptors (Lipinski definition) is 1. The molecule has 5 heteroatoms. The molecule has 2 N–H and O–H groups in total. The van der Waals surface area contributed by atoms with Gasteiger partial charge in [-0.2, -0.15) is 13.2 Å². The average molecular weight is 252 g/mol. The quantitative estimate of drug-likeness (QED) is 0.872. The van der Waals surface area contributed by atoms with Gasteiger partial charge >= 0.3 is 6.18 Å². The van der Waals surface area contributed by atoms with Crippen molar-refractivity contribution in [3.63, 3.8) is 0 Å². The molecule has 0 bridgehead atoms. The van der Waals surface area contributed by atoms with E-state index in [9.17, 15) is 13.2 Å². The van der Waals surface area contributed by atoms with Crippen molar-refractivity contribution in [2.45, 2.75) is 32.0 Å². The Morgan fingerprint density at radius 1 is 1.38 bits per heavy atom. The second kappa shape index (κ2) is 5.06. The predicted molar refractivity (Wildman–Crippen MR) is 58.4 cm³/mol. The maximum atomic E-state index is 12.7. The van der Waals surface area contributed by atoms with Crippen molar-refractivity contribution in [3.05, 3.63) is 34.3 Å². The van der Waals surface area contributed by atoms with E-state index in [0.29, 0.717) is 6.42 Å². The lowest BCUT2D eigenvalue weighted by Crippen LogP contribution is -2.23. The van der Waals surface area contributed by atoms with Crippen LogP contribution in [0.2, 0.25) is 5.02 Å². The van der Waals surface area contributed by atoms with Gasteiger partial charge in [-0.3, -0.25) is 0 Å². The summed E-state index contributed by atoms with van der Waals surface area (Å²) in [6.07, 6.45) is -3.62. The summed E-state index contributed by atoms with van der Waals surface area (Å²) in [7, 11) is 0. The Balaban J connectivity index is 3.14. The lowest BCUT2D eigenvalue weighted by Gasteiger charge is -2.16. The van der Waals surface area contributed by atoms with E-state index in [-0.39, 0.29) is 23.0 Å². The molecule has 0 saturated carbocycles. The Labute approximate surface area is 97.4 Å². The number of hydrogen-bond donors (Lipinski definition) is 1. The summed E-state index contributed by atoms with van der Waals surface area (Å²) in [5.74, 6) is 0. The normalized spacial score (nSPS) is 13.9. The number of alkyl halides is 3. The van der Waals surface area contributed by atoms with E-state index >= 15 is 0 Å². The van der Waals surface area contributed by atoms with E-state index in [4.69, 9.17) is 17.3 Å². The molecule has 0 saturated heterocycles. The molecule has 1 nitrogen and oxygen atoms in total. The number of nitrogens with two attached hydrogens (primary N) is 1. The minimum Gasteiger partial charge on any atom is -0.327 e. The molecule has 0 fully saturated rings. The number of halogens is 4. The SMILES string of the molecule is CCC(N)Cc1c(Cl)cccc1C(F)(F)F. The summed E-state index contributed by atoms with van der Waals surface area (Å²) in [6, 6.07) is 3.48. The van der Waals surface area contributed by atoms with E-state index in [1.54, 1.807) is 0 Å². The Morgan fingerprint density at radius 2 is 2.00 bits per heavy atom. The van der Waals surface area contributed by atoms with Crippen molar-refractivity contribution in [2.24, 2.45) is 5.73 Å². The van der Waals surface area contributed by atoms with Crippen LogP contribution in [0.4, 0.5) is 13.2 Å². The van der Waals surface area contributed by atoms with Crippen LogP contribution in [0.1, 0.15) is 24.5 Å². The first kappa shape index (κ1) is 13.3. The molecule has 1 aromatic rings. The molecule has 0 amide bonds. The number of benzene rings is 1. The standard InChI is InChI=1S/C11H13ClF3N/c1-2-7(16)6-8-9(11(13,14)15)4-3-5-10(8)12/h3-5,7H,2,6,16H2,1H3. The first-order valence-electron chi connectivity index (χ1n) is 4.96. The van der Waals surface area contributed by atoms with Gasteiger partial charge in [0.25, 0.3) is 0 Å². The molecular formula is C11H13ClF3N. The Hall–Kier alpha value is -0.740. The van der Waals surface area contributed by atoms with Gasteiger partial charge in [0, 0.05) is 11.1 Å². The summed E-state index contributed by atoms with van der Waals surface area (Å²) < 4.78 is 38.0. The maximum absolute atomic E-state index is 12.7. The average Bonchev–Trinajstić information content (AvgIpc) is 2.19. The highest BCUT2D eigenvalue weighted by molar-refractivity contribution is 6.31. The monoisotopic (exact) mass is 251 g/mol. The van der Waals surface area contributed by atoms with Crippen LogP contribution in [0.15, 0.2) is 18.2 Å². The van der Waals surface area contributed by atoms with E-state index < -0.39 is 11.7 Å². The van der Waals surface area contributed by atoms with Crippen LogP contribution in [0.25, 0.3) is 0 Å². The Morgan fingerprint density at radius 3 is 2.50 bits per heavy atom. The Kier molecular flexibility index (Phi) is 4.21. The van der Waals surface area contributed by atoms with Crippen LogP contribution in [-0.4, -0.2) is 6.04 Å². The third-order valence-corrected chi connectivity index (χ3v) is 2.77. The van der Waals surface area contributed by atoms with Crippen molar-refractivity contribution in [1.82, 2.24) is 0 Å². The maximum Gasteiger partial charge on any atom is 0.416 e. The topological polar surface area (TPSA) is 26.0 Å². The van der Waals surface area contributed by atoms with Crippen molar-refractivity contribution in [1.29, 1.82) is 0 Å². The molecule has 1 atom stereocenters. The van der Waals surface area contributed by atoms with Crippen molar-refractivity contribution in [3.8, 4) is 0 Å². The zero-order valence-electron chi connectivity index (χ0n) is 8.81. The lowest BCUT2D eigenvalue weighted by atomic mass is 9.99. The molecule has 16 heavy (non-hydrogen) atoms. The molecule has 0 spiro atoms. The van der Waals surface area contributed by atoms with Crippen LogP contribution in [-0.2, 0) is 12.6 Å². The van der Waals surface area contributed by atoms with Gasteiger partial charge < -0.3 is 5.73 Å². The third kappa shape index (κ3) is 3.12. The van der Waals surface area contributed by atoms with Crippen LogP contribution in [0.5, 0.6) is 0 Å². The molecule has 0 aliphatic heterocycles. The van der Waals surface area contributed by atoms with E-state index in [2.05, 4.69) is 0 Å². The lowest BCUT2D eigenvalue weighted by molar-refractivity contribution is -0.138. The summed E-state index contributed by atoms with van der Waals surface area (Å²) in [4.78, 5) is 0. The summed E-state index contributed by atoms with van der Waals surface area (Å²) in [6.45, 7) is 1.83. The van der Waals surface area contributed by atoms with E-state index in [0.717, 1.165) is 6.07 Å². The minimum absolute atomic E-state index is 0.0889. The second-order valence-corrected chi connectivity index (χ2v) is 4.04. The Bertz CT molecular complexity index is 363. The van der Waals surface area contributed by atoms with Crippen molar-refractivity contribution < 1.29 is 13.2 Å². The summed E-state index contributed by atoms with van der Waals surface area (Å²) >= 11 is 5.78. The van der Waals surface area contributed by atoms with Gasteiger partial charge in [-0.05, 0) is 30.5 Å². The van der Waals surface area contributed by atoms with Crippen LogP contribution in [0, 0.1) is 0 Å². The van der Waals surface area contributed by atoms with Gasteiger partial charge in [0.05, 0.1) is 5.56 Å². The van der Waals surface area contributed by atoms with Crippen LogP contribution >= 0.6 is 11.6 Å². The van der Waals surface area contributed by atoms with Gasteiger partial charge in [-0.1, -0.05) is 24.6 Å². The molecule has 0 heterocycles. The predicted octanol–water partition coefficient (Wildman–Crippen LogP) is 3.64. The largest absolute Gasteiger partial charge is 0.416 e. The van der Waals surface area contributed by atoms with Gasteiger partial charge in [0.1, 0.15) is 0 Å². The number of rotatable bonds is 3. The summed E-state index contributed by atoms with van der Waals surface area (Å²) in [5.41, 5.74) is 5.06. The van der Waals surface area contributed by atoms with Crippen LogP contribution < -0.4 is 5.73 Å². The fourth-order valence-electron chi connectivity index (χ4n) is 1.44. The first-order valence-corrected chi connectivity index (χ1v) is 5.34. The molecule has 0 aromatic heterocycles. The minimum atomic E-state index is -4.38. The molecule has 1 unspecified atom stereocenters. The highest BCUT2D eigenvalue weighted by Crippen LogP contribution is 2.35. The molecule has 0 radical (unpaired) electrons. The van der Waals surface area contributed by atoms with Gasteiger partial charge in [0.15, 0.2) is 0 Å². The van der Waals surface area contributed by atoms with Crippen LogP contribution in [0.3, 0.4) is 0 Å². The fourth-order valence-corrected chi connectivity index (χ4v) is 1.69. The molecule has 1 aromatic carbocycles. The van der Waals surface area contributed by atoms with Crippen molar-refractivity contribution >= 4 is 11.6 Å². The highest BCUT2D eigenvalue weighted by Gasteiger charge is 2.34. The van der Waals surface area contributed by atoms with E-state index in [1.165, 1.54) is 12.1 Å². The molecular weight excluding hydrogens is 239 g/mol. The van der Waals surface area contributed by atoms with Gasteiger partial charge in [-0.15, -0.1) is 0 Å². The molecule has 1 rings (SSSR count). The second-order valence-electron chi connectivity index (χ2n) is 3.64. The van der Waals surface area contributed by atoms with Gasteiger partial charge in [-0.25, -0.2) is 0 Å². The van der Waals surface area contributed by atoms with Gasteiger partial charge in [0.2, 0.25) is 0 Å². The van der Waals surface area contributed by atoms with E-state index in [1.807, 2.05) is 6.92 Å². The molecule has 0 aliphatic rings. The highest BCUT2D eigenvalue weighted by atomic mass is 35.5. The van der Waals surface area contributed by atoms with Crippen molar-refractivity contribution in [2.75, 3.05) is 0 Å². The zero-order valence-corrected chi connectivity index (χ0v) is 9.57. The zero-order chi connectivity index (χ0) is 12.3. The summed E-state index contributed by atoms with van der Waals surface area (Å²) in [5, 5.41) is 0.124. The fraction of sp³-hybridized carbons (Fsp3) is 0.455. The molecule has 90 valence electrons. The third-order valence-electron chi connectivity index (χ3n) is 2.41. The molecule has 0 aliphatic carbocycles.